The Labute approximate surface area is 158 Å². The van der Waals surface area contributed by atoms with Gasteiger partial charge in [0.1, 0.15) is 5.82 Å². The third kappa shape index (κ3) is 4.61. The highest BCUT2D eigenvalue weighted by atomic mass is 16.6. The molecule has 1 saturated carbocycles. The van der Waals surface area contributed by atoms with Gasteiger partial charge in [-0.3, -0.25) is 4.79 Å². The number of aromatic nitrogens is 2. The predicted octanol–water partition coefficient (Wildman–Crippen LogP) is 2.21. The standard InChI is InChI=1S/C20H24N4O3/c1-24(12-17-13-26-9-10-27-17)20(25)15-4-2-3-14(11-15)18-7-8-19(23-22-18)21-16-5-6-16/h2-4,7-8,11,16-17H,5-6,9-10,12-13H2,1H3,(H,21,23). The van der Waals surface area contributed by atoms with Gasteiger partial charge in [-0.2, -0.15) is 0 Å². The number of benzene rings is 1. The average molecular weight is 368 g/mol. The van der Waals surface area contributed by atoms with Crippen LogP contribution in [0, 0.1) is 0 Å². The van der Waals surface area contributed by atoms with Gasteiger partial charge < -0.3 is 19.7 Å². The molecule has 1 N–H and O–H groups in total. The zero-order valence-electron chi connectivity index (χ0n) is 15.4. The highest BCUT2D eigenvalue weighted by Crippen LogP contribution is 2.24. The van der Waals surface area contributed by atoms with Crippen molar-refractivity contribution in [3.63, 3.8) is 0 Å². The molecule has 2 aromatic rings. The molecule has 1 unspecified atom stereocenters. The first-order valence-corrected chi connectivity index (χ1v) is 9.34. The quantitative estimate of drug-likeness (QED) is 0.842. The summed E-state index contributed by atoms with van der Waals surface area (Å²) in [6.45, 7) is 2.22. The lowest BCUT2D eigenvalue weighted by atomic mass is 10.1. The van der Waals surface area contributed by atoms with Crippen molar-refractivity contribution in [2.75, 3.05) is 38.7 Å². The van der Waals surface area contributed by atoms with Gasteiger partial charge in [0.2, 0.25) is 0 Å². The fourth-order valence-corrected chi connectivity index (χ4v) is 3.06. The molecule has 0 bridgehead atoms. The van der Waals surface area contributed by atoms with Gasteiger partial charge in [0.15, 0.2) is 0 Å². The molecule has 1 aromatic heterocycles. The monoisotopic (exact) mass is 368 g/mol. The molecule has 2 heterocycles. The molecule has 1 aromatic carbocycles. The maximum absolute atomic E-state index is 12.8. The van der Waals surface area contributed by atoms with E-state index in [1.807, 2.05) is 36.4 Å². The molecule has 2 fully saturated rings. The molecule has 27 heavy (non-hydrogen) atoms. The fraction of sp³-hybridized carbons (Fsp3) is 0.450. The second-order valence-electron chi connectivity index (χ2n) is 7.06. The number of carbonyl (C=O) groups excluding carboxylic acids is 1. The van der Waals surface area contributed by atoms with Gasteiger partial charge in [-0.25, -0.2) is 0 Å². The van der Waals surface area contributed by atoms with Gasteiger partial charge >= 0.3 is 0 Å². The first-order valence-electron chi connectivity index (χ1n) is 9.34. The Morgan fingerprint density at radius 1 is 1.22 bits per heavy atom. The molecule has 2 aliphatic rings. The number of amides is 1. The van der Waals surface area contributed by atoms with E-state index >= 15 is 0 Å². The van der Waals surface area contributed by atoms with Crippen LogP contribution in [0.25, 0.3) is 11.3 Å². The first-order chi connectivity index (χ1) is 13.2. The van der Waals surface area contributed by atoms with Gasteiger partial charge in [0.25, 0.3) is 5.91 Å². The topological polar surface area (TPSA) is 76.6 Å². The molecular weight excluding hydrogens is 344 g/mol. The number of hydrogen-bond acceptors (Lipinski definition) is 6. The highest BCUT2D eigenvalue weighted by molar-refractivity contribution is 5.95. The smallest absolute Gasteiger partial charge is 0.253 e. The Kier molecular flexibility index (Phi) is 5.31. The zero-order valence-corrected chi connectivity index (χ0v) is 15.4. The Morgan fingerprint density at radius 3 is 2.81 bits per heavy atom. The van der Waals surface area contributed by atoms with Gasteiger partial charge in [0.05, 0.1) is 31.6 Å². The Bertz CT molecular complexity index is 786. The lowest BCUT2D eigenvalue weighted by Crippen LogP contribution is -2.40. The van der Waals surface area contributed by atoms with Crippen LogP contribution in [0.1, 0.15) is 23.2 Å². The van der Waals surface area contributed by atoms with Crippen LogP contribution in [-0.2, 0) is 9.47 Å². The summed E-state index contributed by atoms with van der Waals surface area (Å²) in [5.41, 5.74) is 2.24. The van der Waals surface area contributed by atoms with E-state index in [1.165, 1.54) is 12.8 Å². The molecule has 0 spiro atoms. The highest BCUT2D eigenvalue weighted by Gasteiger charge is 2.22. The second kappa shape index (κ2) is 8.02. The summed E-state index contributed by atoms with van der Waals surface area (Å²) < 4.78 is 11.0. The molecule has 1 saturated heterocycles. The maximum Gasteiger partial charge on any atom is 0.253 e. The summed E-state index contributed by atoms with van der Waals surface area (Å²) in [6.07, 6.45) is 2.31. The molecular formula is C20H24N4O3. The number of ether oxygens (including phenoxy) is 2. The molecule has 1 aliphatic carbocycles. The van der Waals surface area contributed by atoms with E-state index < -0.39 is 0 Å². The predicted molar refractivity (Wildman–Crippen MR) is 102 cm³/mol. The van der Waals surface area contributed by atoms with E-state index in [9.17, 15) is 4.79 Å². The molecule has 1 aliphatic heterocycles. The minimum atomic E-state index is -0.0757. The van der Waals surface area contributed by atoms with Crippen molar-refractivity contribution in [2.24, 2.45) is 0 Å². The summed E-state index contributed by atoms with van der Waals surface area (Å²) in [4.78, 5) is 14.4. The lowest BCUT2D eigenvalue weighted by molar-refractivity contribution is -0.0933. The molecule has 7 nitrogen and oxygen atoms in total. The number of likely N-dealkylation sites (N-methyl/N-ethyl adjacent to an activating group) is 1. The van der Waals surface area contributed by atoms with E-state index in [0.29, 0.717) is 38.0 Å². The van der Waals surface area contributed by atoms with E-state index in [-0.39, 0.29) is 12.0 Å². The third-order valence-electron chi connectivity index (χ3n) is 4.71. The van der Waals surface area contributed by atoms with Crippen molar-refractivity contribution >= 4 is 11.7 Å². The maximum atomic E-state index is 12.8. The molecule has 7 heteroatoms. The normalized spacial score (nSPS) is 19.5. The number of nitrogens with zero attached hydrogens (tertiary/aromatic N) is 3. The molecule has 142 valence electrons. The average Bonchev–Trinajstić information content (AvgIpc) is 3.53. The van der Waals surface area contributed by atoms with Crippen molar-refractivity contribution in [1.29, 1.82) is 0 Å². The van der Waals surface area contributed by atoms with Crippen LogP contribution in [0.4, 0.5) is 5.82 Å². The van der Waals surface area contributed by atoms with Gasteiger partial charge in [0, 0.05) is 30.8 Å². The largest absolute Gasteiger partial charge is 0.376 e. The minimum absolute atomic E-state index is 0.0500. The first kappa shape index (κ1) is 17.9. The van der Waals surface area contributed by atoms with Crippen molar-refractivity contribution in [3.8, 4) is 11.3 Å². The molecule has 4 rings (SSSR count). The number of anilines is 1. The molecule has 1 atom stereocenters. The number of hydrogen-bond donors (Lipinski definition) is 1. The second-order valence-corrected chi connectivity index (χ2v) is 7.06. The van der Waals surface area contributed by atoms with Gasteiger partial charge in [-0.15, -0.1) is 10.2 Å². The van der Waals surface area contributed by atoms with Gasteiger partial charge in [-0.05, 0) is 37.1 Å². The minimum Gasteiger partial charge on any atom is -0.376 e. The summed E-state index contributed by atoms with van der Waals surface area (Å²) in [5.74, 6) is 0.744. The lowest BCUT2D eigenvalue weighted by Gasteiger charge is -2.27. The van der Waals surface area contributed by atoms with E-state index in [4.69, 9.17) is 9.47 Å². The van der Waals surface area contributed by atoms with Crippen molar-refractivity contribution in [2.45, 2.75) is 25.0 Å². The third-order valence-corrected chi connectivity index (χ3v) is 4.71. The molecule has 0 radical (unpaired) electrons. The summed E-state index contributed by atoms with van der Waals surface area (Å²) in [7, 11) is 1.78. The number of nitrogens with one attached hydrogen (secondary N) is 1. The summed E-state index contributed by atoms with van der Waals surface area (Å²) in [5, 5.41) is 11.9. The Hall–Kier alpha value is -2.51. The Morgan fingerprint density at radius 2 is 2.11 bits per heavy atom. The van der Waals surface area contributed by atoms with E-state index in [0.717, 1.165) is 17.1 Å². The van der Waals surface area contributed by atoms with Crippen LogP contribution in [-0.4, -0.2) is 66.6 Å². The van der Waals surface area contributed by atoms with E-state index in [1.54, 1.807) is 11.9 Å². The number of carbonyl (C=O) groups is 1. The fourth-order valence-electron chi connectivity index (χ4n) is 3.06. The summed E-state index contributed by atoms with van der Waals surface area (Å²) >= 11 is 0. The SMILES string of the molecule is CN(CC1COCCO1)C(=O)c1cccc(-c2ccc(NC3CC3)nn2)c1. The van der Waals surface area contributed by atoms with Crippen molar-refractivity contribution in [1.82, 2.24) is 15.1 Å². The molecule has 1 amide bonds. The van der Waals surface area contributed by atoms with Crippen LogP contribution >= 0.6 is 0 Å². The van der Waals surface area contributed by atoms with Crippen molar-refractivity contribution in [3.05, 3.63) is 42.0 Å². The van der Waals surface area contributed by atoms with Crippen LogP contribution in [0.2, 0.25) is 0 Å². The zero-order chi connectivity index (χ0) is 18.6. The number of rotatable bonds is 6. The van der Waals surface area contributed by atoms with Crippen LogP contribution < -0.4 is 5.32 Å². The van der Waals surface area contributed by atoms with E-state index in [2.05, 4.69) is 15.5 Å². The Balaban J connectivity index is 1.43. The van der Waals surface area contributed by atoms with Crippen molar-refractivity contribution < 1.29 is 14.3 Å². The van der Waals surface area contributed by atoms with Crippen LogP contribution in [0.15, 0.2) is 36.4 Å². The van der Waals surface area contributed by atoms with Gasteiger partial charge in [-0.1, -0.05) is 12.1 Å². The summed E-state index contributed by atoms with van der Waals surface area (Å²) in [6, 6.07) is 11.9. The van der Waals surface area contributed by atoms with Crippen LogP contribution in [0.3, 0.4) is 0 Å². The van der Waals surface area contributed by atoms with Crippen LogP contribution in [0.5, 0.6) is 0 Å².